The molecule has 1 saturated carbocycles. The molecule has 0 aromatic carbocycles. The third-order valence-corrected chi connectivity index (χ3v) is 3.61. The monoisotopic (exact) mass is 185 g/mol. The van der Waals surface area contributed by atoms with E-state index < -0.39 is 6.17 Å². The van der Waals surface area contributed by atoms with Crippen LogP contribution in [0.15, 0.2) is 0 Å². The van der Waals surface area contributed by atoms with Gasteiger partial charge in [-0.3, -0.25) is 0 Å². The Labute approximate surface area is 80.1 Å². The van der Waals surface area contributed by atoms with Crippen molar-refractivity contribution in [2.45, 2.75) is 57.2 Å². The summed E-state index contributed by atoms with van der Waals surface area (Å²) in [6.07, 6.45) is 8.20. The fourth-order valence-electron chi connectivity index (χ4n) is 2.78. The van der Waals surface area contributed by atoms with Gasteiger partial charge >= 0.3 is 0 Å². The van der Waals surface area contributed by atoms with Crippen molar-refractivity contribution in [3.63, 3.8) is 0 Å². The van der Waals surface area contributed by atoms with Gasteiger partial charge in [-0.05, 0) is 31.6 Å². The molecule has 2 atom stereocenters. The van der Waals surface area contributed by atoms with Gasteiger partial charge in [0.25, 0.3) is 0 Å². The van der Waals surface area contributed by atoms with E-state index in [2.05, 4.69) is 5.32 Å². The van der Waals surface area contributed by atoms with Gasteiger partial charge in [0.2, 0.25) is 0 Å². The van der Waals surface area contributed by atoms with Crippen molar-refractivity contribution in [3.05, 3.63) is 0 Å². The molecule has 1 heterocycles. The maximum absolute atomic E-state index is 12.9. The first-order valence-corrected chi connectivity index (χ1v) is 5.74. The molecule has 0 amide bonds. The van der Waals surface area contributed by atoms with Crippen LogP contribution in [0.5, 0.6) is 0 Å². The highest BCUT2D eigenvalue weighted by Crippen LogP contribution is 2.30. The fraction of sp³-hybridized carbons (Fsp3) is 1.00. The molecule has 2 fully saturated rings. The zero-order valence-corrected chi connectivity index (χ0v) is 8.27. The molecule has 2 unspecified atom stereocenters. The summed E-state index contributed by atoms with van der Waals surface area (Å²) >= 11 is 0. The lowest BCUT2D eigenvalue weighted by Crippen LogP contribution is -2.44. The normalized spacial score (nSPS) is 37.6. The topological polar surface area (TPSA) is 12.0 Å². The molecule has 1 aliphatic heterocycles. The molecule has 1 aliphatic carbocycles. The summed E-state index contributed by atoms with van der Waals surface area (Å²) in [5.74, 6) is 0.848. The van der Waals surface area contributed by atoms with E-state index >= 15 is 0 Å². The minimum Gasteiger partial charge on any atom is -0.311 e. The largest absolute Gasteiger partial charge is 0.311 e. The van der Waals surface area contributed by atoms with Crippen LogP contribution in [0.4, 0.5) is 4.39 Å². The highest BCUT2D eigenvalue weighted by molar-refractivity contribution is 4.84. The van der Waals surface area contributed by atoms with Gasteiger partial charge in [-0.25, -0.2) is 4.39 Å². The number of nitrogens with one attached hydrogen (secondary N) is 1. The molecule has 1 nitrogen and oxygen atoms in total. The van der Waals surface area contributed by atoms with Crippen molar-refractivity contribution in [2.24, 2.45) is 5.92 Å². The number of piperidine rings is 1. The van der Waals surface area contributed by atoms with Gasteiger partial charge in [-0.2, -0.15) is 0 Å². The lowest BCUT2D eigenvalue weighted by molar-refractivity contribution is 0.175. The molecular formula is C11H20FN. The number of hydrogen-bond acceptors (Lipinski definition) is 1. The number of alkyl halides is 1. The first kappa shape index (κ1) is 9.45. The van der Waals surface area contributed by atoms with Crippen molar-refractivity contribution >= 4 is 0 Å². The second-order valence-corrected chi connectivity index (χ2v) is 4.59. The molecule has 2 aliphatic rings. The summed E-state index contributed by atoms with van der Waals surface area (Å²) in [5, 5.41) is 3.36. The van der Waals surface area contributed by atoms with Crippen molar-refractivity contribution in [1.29, 1.82) is 0 Å². The Hall–Kier alpha value is -0.110. The van der Waals surface area contributed by atoms with E-state index in [1.54, 1.807) is 0 Å². The third kappa shape index (κ3) is 2.43. The minimum atomic E-state index is -0.583. The molecule has 0 aromatic heterocycles. The van der Waals surface area contributed by atoms with E-state index in [4.69, 9.17) is 0 Å². The Bertz CT molecular complexity index is 146. The number of rotatable bonds is 1. The predicted octanol–water partition coefficient (Wildman–Crippen LogP) is 2.66. The van der Waals surface area contributed by atoms with E-state index in [1.165, 1.54) is 32.1 Å². The van der Waals surface area contributed by atoms with Crippen LogP contribution < -0.4 is 5.32 Å². The average Bonchev–Trinajstić information content (AvgIpc) is 2.20. The number of halogens is 1. The lowest BCUT2D eigenvalue weighted by atomic mass is 9.81. The van der Waals surface area contributed by atoms with E-state index in [-0.39, 0.29) is 0 Å². The van der Waals surface area contributed by atoms with Crippen LogP contribution in [0.2, 0.25) is 0 Å². The Kier molecular flexibility index (Phi) is 3.20. The van der Waals surface area contributed by atoms with Gasteiger partial charge in [0, 0.05) is 12.6 Å². The van der Waals surface area contributed by atoms with Crippen molar-refractivity contribution < 1.29 is 4.39 Å². The molecule has 2 rings (SSSR count). The molecule has 13 heavy (non-hydrogen) atoms. The van der Waals surface area contributed by atoms with E-state index in [0.29, 0.717) is 12.6 Å². The van der Waals surface area contributed by atoms with E-state index in [1.807, 2.05) is 0 Å². The van der Waals surface area contributed by atoms with Crippen molar-refractivity contribution in [2.75, 3.05) is 6.54 Å². The lowest BCUT2D eigenvalue weighted by Gasteiger charge is -2.34. The molecule has 1 N–H and O–H groups in total. The molecule has 0 bridgehead atoms. The SMILES string of the molecule is FC1CCC(C2CCCCC2)NC1. The van der Waals surface area contributed by atoms with Gasteiger partial charge < -0.3 is 5.32 Å². The summed E-state index contributed by atoms with van der Waals surface area (Å²) in [7, 11) is 0. The third-order valence-electron chi connectivity index (χ3n) is 3.61. The summed E-state index contributed by atoms with van der Waals surface area (Å²) in [4.78, 5) is 0. The predicted molar refractivity (Wildman–Crippen MR) is 52.5 cm³/mol. The molecule has 76 valence electrons. The Balaban J connectivity index is 1.79. The molecular weight excluding hydrogens is 165 g/mol. The van der Waals surface area contributed by atoms with Gasteiger partial charge in [0.15, 0.2) is 0 Å². The summed E-state index contributed by atoms with van der Waals surface area (Å²) < 4.78 is 12.9. The summed E-state index contributed by atoms with van der Waals surface area (Å²) in [6, 6.07) is 0.632. The highest BCUT2D eigenvalue weighted by Gasteiger charge is 2.27. The van der Waals surface area contributed by atoms with Gasteiger partial charge in [0.1, 0.15) is 6.17 Å². The second kappa shape index (κ2) is 4.41. The standard InChI is InChI=1S/C11H20FN/c12-10-6-7-11(13-8-10)9-4-2-1-3-5-9/h9-11,13H,1-8H2. The van der Waals surface area contributed by atoms with Crippen LogP contribution in [0, 0.1) is 5.92 Å². The van der Waals surface area contributed by atoms with Crippen LogP contribution in [0.25, 0.3) is 0 Å². The quantitative estimate of drug-likeness (QED) is 0.662. The molecule has 1 saturated heterocycles. The van der Waals surface area contributed by atoms with Crippen LogP contribution >= 0.6 is 0 Å². The summed E-state index contributed by atoms with van der Waals surface area (Å²) in [5.41, 5.74) is 0. The Morgan fingerprint density at radius 1 is 0.923 bits per heavy atom. The zero-order chi connectivity index (χ0) is 9.10. The van der Waals surface area contributed by atoms with Gasteiger partial charge in [0.05, 0.1) is 0 Å². The Morgan fingerprint density at radius 3 is 2.31 bits per heavy atom. The maximum Gasteiger partial charge on any atom is 0.113 e. The van der Waals surface area contributed by atoms with E-state index in [0.717, 1.165) is 18.8 Å². The van der Waals surface area contributed by atoms with Gasteiger partial charge in [-0.15, -0.1) is 0 Å². The molecule has 2 heteroatoms. The number of hydrogen-bond donors (Lipinski definition) is 1. The van der Waals surface area contributed by atoms with Crippen LogP contribution in [-0.2, 0) is 0 Å². The first-order valence-electron chi connectivity index (χ1n) is 5.74. The molecule has 0 radical (unpaired) electrons. The van der Waals surface area contributed by atoms with Crippen LogP contribution in [-0.4, -0.2) is 18.8 Å². The first-order chi connectivity index (χ1) is 6.36. The maximum atomic E-state index is 12.9. The zero-order valence-electron chi connectivity index (χ0n) is 8.27. The van der Waals surface area contributed by atoms with Crippen molar-refractivity contribution in [3.8, 4) is 0 Å². The molecule has 0 aromatic rings. The molecule has 0 spiro atoms. The van der Waals surface area contributed by atoms with Crippen molar-refractivity contribution in [1.82, 2.24) is 5.32 Å². The highest BCUT2D eigenvalue weighted by atomic mass is 19.1. The van der Waals surface area contributed by atoms with Gasteiger partial charge in [-0.1, -0.05) is 19.3 Å². The summed E-state index contributed by atoms with van der Waals surface area (Å²) in [6.45, 7) is 0.598. The smallest absolute Gasteiger partial charge is 0.113 e. The van der Waals surface area contributed by atoms with E-state index in [9.17, 15) is 4.39 Å². The van der Waals surface area contributed by atoms with Crippen LogP contribution in [0.3, 0.4) is 0 Å². The minimum absolute atomic E-state index is 0.583. The average molecular weight is 185 g/mol. The Morgan fingerprint density at radius 2 is 1.69 bits per heavy atom. The fourth-order valence-corrected chi connectivity index (χ4v) is 2.78. The second-order valence-electron chi connectivity index (χ2n) is 4.59. The van der Waals surface area contributed by atoms with Crippen LogP contribution in [0.1, 0.15) is 44.9 Å².